The summed E-state index contributed by atoms with van der Waals surface area (Å²) >= 11 is 6.03. The van der Waals surface area contributed by atoms with Crippen molar-refractivity contribution in [3.8, 4) is 11.8 Å². The van der Waals surface area contributed by atoms with Gasteiger partial charge in [-0.15, -0.1) is 0 Å². The van der Waals surface area contributed by atoms with Crippen molar-refractivity contribution in [1.82, 2.24) is 0 Å². The quantitative estimate of drug-likeness (QED) is 0.593. The number of methoxy groups -OCH3 is 1. The van der Waals surface area contributed by atoms with Gasteiger partial charge in [0.25, 0.3) is 15.9 Å². The van der Waals surface area contributed by atoms with Crippen molar-refractivity contribution in [3.63, 3.8) is 0 Å². The van der Waals surface area contributed by atoms with Crippen LogP contribution in [0.1, 0.15) is 15.9 Å². The molecule has 0 fully saturated rings. The highest BCUT2D eigenvalue weighted by Gasteiger charge is 2.19. The van der Waals surface area contributed by atoms with E-state index in [0.717, 1.165) is 0 Å². The number of hydrogen-bond acceptors (Lipinski definition) is 5. The molecule has 30 heavy (non-hydrogen) atoms. The normalized spacial score (nSPS) is 10.7. The van der Waals surface area contributed by atoms with Crippen LogP contribution in [0.4, 0.5) is 11.4 Å². The Balaban J connectivity index is 1.90. The van der Waals surface area contributed by atoms with E-state index in [9.17, 15) is 13.2 Å². The number of carbonyl (C=O) groups is 1. The molecule has 152 valence electrons. The Labute approximate surface area is 178 Å². The maximum absolute atomic E-state index is 12.8. The summed E-state index contributed by atoms with van der Waals surface area (Å²) in [7, 11) is -2.56. The minimum atomic E-state index is -3.97. The third-order valence-corrected chi connectivity index (χ3v) is 5.82. The van der Waals surface area contributed by atoms with Crippen LogP contribution < -0.4 is 14.8 Å². The Kier molecular flexibility index (Phi) is 6.26. The number of nitriles is 1. The van der Waals surface area contributed by atoms with Crippen LogP contribution in [0.25, 0.3) is 0 Å². The fourth-order valence-corrected chi connectivity index (χ4v) is 3.93. The highest BCUT2D eigenvalue weighted by Crippen LogP contribution is 2.30. The van der Waals surface area contributed by atoms with E-state index in [1.54, 1.807) is 18.2 Å². The Morgan fingerprint density at radius 1 is 1.03 bits per heavy atom. The van der Waals surface area contributed by atoms with Crippen LogP contribution in [0.5, 0.6) is 5.75 Å². The molecule has 0 atom stereocenters. The van der Waals surface area contributed by atoms with Crippen molar-refractivity contribution in [1.29, 1.82) is 5.26 Å². The van der Waals surface area contributed by atoms with Crippen molar-refractivity contribution in [2.45, 2.75) is 4.90 Å². The molecule has 0 heterocycles. The van der Waals surface area contributed by atoms with Gasteiger partial charge in [-0.1, -0.05) is 23.7 Å². The lowest BCUT2D eigenvalue weighted by Crippen LogP contribution is -2.16. The molecule has 3 rings (SSSR count). The summed E-state index contributed by atoms with van der Waals surface area (Å²) in [5.74, 6) is -0.194. The highest BCUT2D eigenvalue weighted by molar-refractivity contribution is 7.92. The highest BCUT2D eigenvalue weighted by atomic mass is 35.5. The maximum Gasteiger partial charge on any atom is 0.262 e. The minimum Gasteiger partial charge on any atom is -0.495 e. The first kappa shape index (κ1) is 21.2. The van der Waals surface area contributed by atoms with Gasteiger partial charge in [-0.05, 0) is 54.6 Å². The smallest absolute Gasteiger partial charge is 0.262 e. The second kappa shape index (κ2) is 8.86. The number of benzene rings is 3. The monoisotopic (exact) mass is 441 g/mol. The first-order valence-electron chi connectivity index (χ1n) is 8.61. The lowest BCUT2D eigenvalue weighted by atomic mass is 10.1. The van der Waals surface area contributed by atoms with Crippen LogP contribution >= 0.6 is 11.6 Å². The van der Waals surface area contributed by atoms with E-state index in [1.165, 1.54) is 55.6 Å². The molecule has 9 heteroatoms. The third kappa shape index (κ3) is 4.71. The summed E-state index contributed by atoms with van der Waals surface area (Å²) in [6.45, 7) is 0. The van der Waals surface area contributed by atoms with Crippen LogP contribution in [0.3, 0.4) is 0 Å². The van der Waals surface area contributed by atoms with Crippen LogP contribution in [-0.4, -0.2) is 21.4 Å². The summed E-state index contributed by atoms with van der Waals surface area (Å²) in [6.07, 6.45) is 0. The Hall–Kier alpha value is -3.54. The molecule has 0 spiro atoms. The minimum absolute atomic E-state index is 0.0849. The van der Waals surface area contributed by atoms with Crippen molar-refractivity contribution < 1.29 is 17.9 Å². The molecule has 1 amide bonds. The molecule has 0 unspecified atom stereocenters. The number of halogens is 1. The molecule has 3 aromatic carbocycles. The molecular formula is C21H16ClN3O4S. The van der Waals surface area contributed by atoms with Gasteiger partial charge < -0.3 is 10.1 Å². The lowest BCUT2D eigenvalue weighted by molar-refractivity contribution is 0.102. The van der Waals surface area contributed by atoms with Gasteiger partial charge in [0.15, 0.2) is 0 Å². The molecule has 7 nitrogen and oxygen atoms in total. The van der Waals surface area contributed by atoms with E-state index in [1.807, 2.05) is 6.07 Å². The summed E-state index contributed by atoms with van der Waals surface area (Å²) in [5, 5.41) is 11.8. The van der Waals surface area contributed by atoms with E-state index in [4.69, 9.17) is 21.6 Å². The number of nitrogens with one attached hydrogen (secondary N) is 2. The number of amides is 1. The van der Waals surface area contributed by atoms with Crippen molar-refractivity contribution in [3.05, 3.63) is 82.9 Å². The summed E-state index contributed by atoms with van der Waals surface area (Å²) in [6, 6.07) is 18.5. The number of rotatable bonds is 6. The predicted octanol–water partition coefficient (Wildman–Crippen LogP) is 4.27. The van der Waals surface area contributed by atoms with E-state index >= 15 is 0 Å². The summed E-state index contributed by atoms with van der Waals surface area (Å²) < 4.78 is 33.2. The average Bonchev–Trinajstić information content (AvgIpc) is 2.75. The molecule has 0 aliphatic carbocycles. The zero-order valence-electron chi connectivity index (χ0n) is 15.7. The zero-order chi connectivity index (χ0) is 21.7. The fourth-order valence-electron chi connectivity index (χ4n) is 2.59. The molecule has 0 radical (unpaired) electrons. The second-order valence-corrected chi connectivity index (χ2v) is 8.18. The number of para-hydroxylation sites is 1. The Bertz CT molecular complexity index is 1240. The van der Waals surface area contributed by atoms with Gasteiger partial charge >= 0.3 is 0 Å². The fraction of sp³-hybridized carbons (Fsp3) is 0.0476. The van der Waals surface area contributed by atoms with Crippen molar-refractivity contribution >= 4 is 38.9 Å². The second-order valence-electron chi connectivity index (χ2n) is 6.09. The molecule has 0 aromatic heterocycles. The average molecular weight is 442 g/mol. The van der Waals surface area contributed by atoms with Gasteiger partial charge in [0.05, 0.1) is 40.0 Å². The molecule has 0 aliphatic rings. The SMILES string of the molecule is COc1ccc(S(=O)(=O)Nc2ccccc2Cl)cc1NC(=O)c1ccc(C#N)cc1. The van der Waals surface area contributed by atoms with E-state index in [-0.39, 0.29) is 27.0 Å². The Morgan fingerprint density at radius 2 is 1.73 bits per heavy atom. The van der Waals surface area contributed by atoms with E-state index in [2.05, 4.69) is 10.0 Å². The molecule has 3 aromatic rings. The first-order valence-corrected chi connectivity index (χ1v) is 10.5. The largest absolute Gasteiger partial charge is 0.495 e. The van der Waals surface area contributed by atoms with E-state index < -0.39 is 15.9 Å². The standard InChI is InChI=1S/C21H16ClN3O4S/c1-29-20-11-10-16(30(27,28)25-18-5-3-2-4-17(18)22)12-19(20)24-21(26)15-8-6-14(13-23)7-9-15/h2-12,25H,1H3,(H,24,26). The van der Waals surface area contributed by atoms with Crippen molar-refractivity contribution in [2.75, 3.05) is 17.1 Å². The van der Waals surface area contributed by atoms with Gasteiger partial charge in [-0.2, -0.15) is 5.26 Å². The molecule has 0 bridgehead atoms. The van der Waals surface area contributed by atoms with Gasteiger partial charge in [0.1, 0.15) is 5.75 Å². The predicted molar refractivity (Wildman–Crippen MR) is 114 cm³/mol. The summed E-state index contributed by atoms with van der Waals surface area (Å²) in [5.41, 5.74) is 1.13. The zero-order valence-corrected chi connectivity index (χ0v) is 17.3. The number of nitrogens with zero attached hydrogens (tertiary/aromatic N) is 1. The lowest BCUT2D eigenvalue weighted by Gasteiger charge is -2.14. The molecular weight excluding hydrogens is 426 g/mol. The van der Waals surface area contributed by atoms with Crippen molar-refractivity contribution in [2.24, 2.45) is 0 Å². The van der Waals surface area contributed by atoms with Crippen LogP contribution in [-0.2, 0) is 10.0 Å². The van der Waals surface area contributed by atoms with Crippen LogP contribution in [0.15, 0.2) is 71.6 Å². The van der Waals surface area contributed by atoms with Gasteiger partial charge in [-0.3, -0.25) is 9.52 Å². The number of sulfonamides is 1. The number of ether oxygens (including phenoxy) is 1. The topological polar surface area (TPSA) is 108 Å². The molecule has 0 saturated heterocycles. The molecule has 0 aliphatic heterocycles. The number of anilines is 2. The third-order valence-electron chi connectivity index (χ3n) is 4.12. The number of hydrogen-bond donors (Lipinski definition) is 2. The van der Waals surface area contributed by atoms with Gasteiger partial charge in [0, 0.05) is 5.56 Å². The Morgan fingerprint density at radius 3 is 2.37 bits per heavy atom. The number of carbonyl (C=O) groups excluding carboxylic acids is 1. The van der Waals surface area contributed by atoms with Crippen LogP contribution in [0, 0.1) is 11.3 Å². The van der Waals surface area contributed by atoms with Gasteiger partial charge in [0.2, 0.25) is 0 Å². The first-order chi connectivity index (χ1) is 14.3. The van der Waals surface area contributed by atoms with Crippen LogP contribution in [0.2, 0.25) is 5.02 Å². The van der Waals surface area contributed by atoms with Gasteiger partial charge in [-0.25, -0.2) is 8.42 Å². The maximum atomic E-state index is 12.8. The molecule has 2 N–H and O–H groups in total. The van der Waals surface area contributed by atoms with E-state index in [0.29, 0.717) is 11.1 Å². The summed E-state index contributed by atoms with van der Waals surface area (Å²) in [4.78, 5) is 12.5. The molecule has 0 saturated carbocycles.